The van der Waals surface area contributed by atoms with Crippen molar-refractivity contribution >= 4 is 72.2 Å². The van der Waals surface area contributed by atoms with Crippen molar-refractivity contribution < 1.29 is 4.39 Å². The third-order valence-corrected chi connectivity index (χ3v) is 4.45. The first kappa shape index (κ1) is 14.0. The fraction of sp³-hybridized carbons (Fsp3) is 0. The fourth-order valence-electron chi connectivity index (χ4n) is 1.70. The van der Waals surface area contributed by atoms with Crippen LogP contribution < -0.4 is 5.32 Å². The first-order chi connectivity index (χ1) is 9.54. The van der Waals surface area contributed by atoms with Gasteiger partial charge >= 0.3 is 0 Å². The largest absolute Gasteiger partial charge is 0.337 e. The molecule has 8 heteroatoms. The Balaban J connectivity index is 2.12. The van der Waals surface area contributed by atoms with E-state index in [4.69, 9.17) is 23.2 Å². The number of halogens is 4. The molecule has 20 heavy (non-hydrogen) atoms. The zero-order valence-corrected chi connectivity index (χ0v) is 13.5. The van der Waals surface area contributed by atoms with Crippen LogP contribution in [0.5, 0.6) is 0 Å². The average molecular weight is 393 g/mol. The molecule has 0 saturated heterocycles. The Morgan fingerprint density at radius 2 is 2.05 bits per heavy atom. The monoisotopic (exact) mass is 391 g/mol. The molecule has 1 aromatic carbocycles. The molecule has 2 heterocycles. The summed E-state index contributed by atoms with van der Waals surface area (Å²) in [4.78, 5) is 9.04. The van der Waals surface area contributed by atoms with Gasteiger partial charge in [0, 0.05) is 4.47 Å². The van der Waals surface area contributed by atoms with Crippen molar-refractivity contribution in [3.63, 3.8) is 0 Å². The van der Waals surface area contributed by atoms with Gasteiger partial charge in [0.15, 0.2) is 0 Å². The number of rotatable bonds is 2. The number of hydrogen-bond acceptors (Lipinski definition) is 4. The van der Waals surface area contributed by atoms with Crippen LogP contribution in [0.3, 0.4) is 0 Å². The van der Waals surface area contributed by atoms with Crippen LogP contribution in [0.25, 0.3) is 10.2 Å². The maximum absolute atomic E-state index is 13.2. The summed E-state index contributed by atoms with van der Waals surface area (Å²) in [6.45, 7) is 0. The van der Waals surface area contributed by atoms with Crippen molar-refractivity contribution in [1.82, 2.24) is 9.97 Å². The van der Waals surface area contributed by atoms with E-state index in [2.05, 4.69) is 31.2 Å². The lowest BCUT2D eigenvalue weighted by atomic mass is 10.3. The molecule has 0 aliphatic heterocycles. The second-order valence-corrected chi connectivity index (χ2v) is 6.34. The van der Waals surface area contributed by atoms with Gasteiger partial charge in [-0.15, -0.1) is 11.3 Å². The first-order valence-corrected chi connectivity index (χ1v) is 7.80. The van der Waals surface area contributed by atoms with Gasteiger partial charge in [0.05, 0.1) is 16.1 Å². The lowest BCUT2D eigenvalue weighted by molar-refractivity contribution is 0.627. The molecule has 0 amide bonds. The van der Waals surface area contributed by atoms with Gasteiger partial charge in [-0.2, -0.15) is 4.98 Å². The van der Waals surface area contributed by atoms with Gasteiger partial charge in [-0.1, -0.05) is 11.6 Å². The highest BCUT2D eigenvalue weighted by Gasteiger charge is 2.13. The van der Waals surface area contributed by atoms with E-state index in [0.717, 1.165) is 10.2 Å². The second kappa shape index (κ2) is 5.44. The Kier molecular flexibility index (Phi) is 3.81. The first-order valence-electron chi connectivity index (χ1n) is 5.37. The number of benzene rings is 1. The van der Waals surface area contributed by atoms with Gasteiger partial charge in [-0.25, -0.2) is 9.37 Å². The SMILES string of the molecule is Fc1cc(Cl)c(Nc2nc(Cl)nc3sccc23)c(Br)c1. The molecule has 0 atom stereocenters. The van der Waals surface area contributed by atoms with Crippen LogP contribution in [0.2, 0.25) is 10.3 Å². The minimum Gasteiger partial charge on any atom is -0.337 e. The molecule has 2 aromatic heterocycles. The van der Waals surface area contributed by atoms with Crippen molar-refractivity contribution in [3.05, 3.63) is 44.2 Å². The Hall–Kier alpha value is -0.950. The van der Waals surface area contributed by atoms with Gasteiger partial charge in [0.25, 0.3) is 0 Å². The van der Waals surface area contributed by atoms with Crippen LogP contribution in [0.4, 0.5) is 15.9 Å². The van der Waals surface area contributed by atoms with Crippen LogP contribution in [-0.2, 0) is 0 Å². The van der Waals surface area contributed by atoms with Crippen LogP contribution in [0.15, 0.2) is 28.1 Å². The molecule has 0 saturated carbocycles. The zero-order chi connectivity index (χ0) is 14.3. The molecule has 1 N–H and O–H groups in total. The highest BCUT2D eigenvalue weighted by Crippen LogP contribution is 2.36. The summed E-state index contributed by atoms with van der Waals surface area (Å²) in [6.07, 6.45) is 0. The summed E-state index contributed by atoms with van der Waals surface area (Å²) < 4.78 is 13.7. The molecule has 0 fully saturated rings. The number of anilines is 2. The van der Waals surface area contributed by atoms with Crippen LogP contribution in [-0.4, -0.2) is 9.97 Å². The number of hydrogen-bond donors (Lipinski definition) is 1. The number of nitrogens with zero attached hydrogens (tertiary/aromatic N) is 2. The van der Waals surface area contributed by atoms with E-state index >= 15 is 0 Å². The fourth-order valence-corrected chi connectivity index (χ4v) is 3.59. The van der Waals surface area contributed by atoms with Gasteiger partial charge in [0.2, 0.25) is 5.28 Å². The Morgan fingerprint density at radius 1 is 1.25 bits per heavy atom. The molecule has 0 aliphatic carbocycles. The normalized spacial score (nSPS) is 11.0. The van der Waals surface area contributed by atoms with Crippen LogP contribution >= 0.6 is 50.5 Å². The summed E-state index contributed by atoms with van der Waals surface area (Å²) >= 11 is 16.7. The van der Waals surface area contributed by atoms with Gasteiger partial charge in [-0.3, -0.25) is 0 Å². The molecule has 0 bridgehead atoms. The molecular formula is C12H5BrCl2FN3S. The summed E-state index contributed by atoms with van der Waals surface area (Å²) in [5, 5.41) is 6.16. The minimum atomic E-state index is -0.422. The highest BCUT2D eigenvalue weighted by molar-refractivity contribution is 9.10. The number of fused-ring (bicyclic) bond motifs is 1. The second-order valence-electron chi connectivity index (χ2n) is 3.85. The molecule has 0 unspecified atom stereocenters. The third kappa shape index (κ3) is 2.61. The number of thiophene rings is 1. The predicted octanol–water partition coefficient (Wildman–Crippen LogP) is 5.64. The molecule has 0 aliphatic rings. The molecule has 102 valence electrons. The van der Waals surface area contributed by atoms with Crippen molar-refractivity contribution in [3.8, 4) is 0 Å². The average Bonchev–Trinajstić information content (AvgIpc) is 2.81. The third-order valence-electron chi connectivity index (χ3n) is 2.55. The standard InChI is InChI=1S/C12H5BrCl2FN3S/c13-7-3-5(16)4-8(14)9(7)17-10-6-1-2-20-11(6)19-12(15)18-10/h1-4H,(H,17,18,19). The quantitative estimate of drug-likeness (QED) is 0.573. The number of aromatic nitrogens is 2. The highest BCUT2D eigenvalue weighted by atomic mass is 79.9. The molecule has 0 radical (unpaired) electrons. The van der Waals surface area contributed by atoms with Crippen molar-refractivity contribution in [2.45, 2.75) is 0 Å². The van der Waals surface area contributed by atoms with Crippen molar-refractivity contribution in [1.29, 1.82) is 0 Å². The van der Waals surface area contributed by atoms with Crippen molar-refractivity contribution in [2.24, 2.45) is 0 Å². The Bertz CT molecular complexity index is 785. The van der Waals surface area contributed by atoms with Gasteiger partial charge in [0.1, 0.15) is 16.5 Å². The smallest absolute Gasteiger partial charge is 0.225 e. The lowest BCUT2D eigenvalue weighted by Crippen LogP contribution is -1.98. The van der Waals surface area contributed by atoms with Crippen LogP contribution in [0.1, 0.15) is 0 Å². The zero-order valence-electron chi connectivity index (χ0n) is 9.62. The van der Waals surface area contributed by atoms with E-state index in [1.807, 2.05) is 11.4 Å². The van der Waals surface area contributed by atoms with Gasteiger partial charge in [-0.05, 0) is 51.1 Å². The van der Waals surface area contributed by atoms with Crippen molar-refractivity contribution in [2.75, 3.05) is 5.32 Å². The maximum Gasteiger partial charge on any atom is 0.225 e. The van der Waals surface area contributed by atoms with E-state index in [1.54, 1.807) is 0 Å². The minimum absolute atomic E-state index is 0.136. The summed E-state index contributed by atoms with van der Waals surface area (Å²) in [5.41, 5.74) is 0.523. The Morgan fingerprint density at radius 3 is 2.80 bits per heavy atom. The molecular weight excluding hydrogens is 388 g/mol. The predicted molar refractivity (Wildman–Crippen MR) is 84.8 cm³/mol. The van der Waals surface area contributed by atoms with Crippen LogP contribution in [0, 0.1) is 5.82 Å². The van der Waals surface area contributed by atoms with E-state index in [-0.39, 0.29) is 10.3 Å². The lowest BCUT2D eigenvalue weighted by Gasteiger charge is -2.11. The van der Waals surface area contributed by atoms with Gasteiger partial charge < -0.3 is 5.32 Å². The molecule has 3 aromatic rings. The van der Waals surface area contributed by atoms with E-state index in [1.165, 1.54) is 23.5 Å². The topological polar surface area (TPSA) is 37.8 Å². The molecule has 3 nitrogen and oxygen atoms in total. The van der Waals surface area contributed by atoms with E-state index in [9.17, 15) is 4.39 Å². The molecule has 0 spiro atoms. The van der Waals surface area contributed by atoms with E-state index in [0.29, 0.717) is 16.0 Å². The summed E-state index contributed by atoms with van der Waals surface area (Å²) in [6, 6.07) is 4.42. The molecule has 3 rings (SSSR count). The summed E-state index contributed by atoms with van der Waals surface area (Å²) in [5.74, 6) is 0.101. The number of nitrogens with one attached hydrogen (secondary N) is 1. The van der Waals surface area contributed by atoms with E-state index < -0.39 is 5.82 Å². The Labute approximate surface area is 135 Å². The summed E-state index contributed by atoms with van der Waals surface area (Å²) in [7, 11) is 0. The maximum atomic E-state index is 13.2.